The topological polar surface area (TPSA) is 77.5 Å². The predicted octanol–water partition coefficient (Wildman–Crippen LogP) is -0.380. The second-order valence-electron chi connectivity index (χ2n) is 1.15. The number of rotatable bonds is 0. The standard InChI is InChI=1S/C2H5N5O/c3-6-2-1-4-5-7(6)8/h1-2,8H,3H2. The molecule has 44 valence electrons. The van der Waals surface area contributed by atoms with E-state index in [0.29, 0.717) is 5.28 Å². The molecule has 1 heterocycles. The van der Waals surface area contributed by atoms with Gasteiger partial charge in [-0.3, -0.25) is 5.21 Å². The van der Waals surface area contributed by atoms with Crippen LogP contribution in [0, 0.1) is 0 Å². The third kappa shape index (κ3) is 0.745. The molecule has 0 atom stereocenters. The second-order valence-corrected chi connectivity index (χ2v) is 1.15. The molecule has 3 N–H and O–H groups in total. The molecule has 0 radical (unpaired) electrons. The molecule has 0 saturated heterocycles. The van der Waals surface area contributed by atoms with E-state index in [2.05, 4.69) is 10.3 Å². The van der Waals surface area contributed by atoms with Crippen molar-refractivity contribution in [3.8, 4) is 0 Å². The van der Waals surface area contributed by atoms with E-state index in [9.17, 15) is 0 Å². The fourth-order valence-electron chi connectivity index (χ4n) is 0.280. The highest BCUT2D eigenvalue weighted by atomic mass is 16.6. The van der Waals surface area contributed by atoms with Crippen molar-refractivity contribution >= 4 is 0 Å². The minimum absolute atomic E-state index is 0.417. The summed E-state index contributed by atoms with van der Waals surface area (Å²) in [4.78, 5) is 0. The number of nitrogens with zero attached hydrogens (tertiary/aromatic N) is 4. The zero-order valence-corrected chi connectivity index (χ0v) is 3.97. The zero-order valence-electron chi connectivity index (χ0n) is 3.97. The molecule has 0 saturated carbocycles. The summed E-state index contributed by atoms with van der Waals surface area (Å²) in [6.07, 6.45) is 2.71. The molecule has 0 unspecified atom stereocenters. The van der Waals surface area contributed by atoms with Crippen molar-refractivity contribution in [1.29, 1.82) is 0 Å². The van der Waals surface area contributed by atoms with E-state index in [1.54, 1.807) is 0 Å². The summed E-state index contributed by atoms with van der Waals surface area (Å²) in [7, 11) is 0. The number of nitrogens with two attached hydrogens (primary N) is 1. The van der Waals surface area contributed by atoms with E-state index < -0.39 is 0 Å². The lowest BCUT2D eigenvalue weighted by molar-refractivity contribution is -0.235. The lowest BCUT2D eigenvalue weighted by Gasteiger charge is -2.19. The van der Waals surface area contributed by atoms with E-state index in [1.807, 2.05) is 0 Å². The Bertz CT molecular complexity index is 114. The van der Waals surface area contributed by atoms with Crippen LogP contribution in [0.1, 0.15) is 0 Å². The van der Waals surface area contributed by atoms with Gasteiger partial charge in [0.1, 0.15) is 0 Å². The smallest absolute Gasteiger partial charge is 0.0711 e. The molecule has 0 aromatic carbocycles. The van der Waals surface area contributed by atoms with E-state index in [4.69, 9.17) is 11.0 Å². The van der Waals surface area contributed by atoms with Gasteiger partial charge in [0.25, 0.3) is 0 Å². The normalized spacial score (nSPS) is 17.8. The van der Waals surface area contributed by atoms with Gasteiger partial charge in [0.15, 0.2) is 0 Å². The van der Waals surface area contributed by atoms with Gasteiger partial charge in [-0.2, -0.15) is 5.12 Å². The highest BCUT2D eigenvalue weighted by molar-refractivity contribution is 4.75. The first-order valence-electron chi connectivity index (χ1n) is 1.91. The molecular weight excluding hydrogens is 110 g/mol. The SMILES string of the molecule is NN1C=CN=NN1O. The first-order chi connectivity index (χ1) is 3.80. The highest BCUT2D eigenvalue weighted by Crippen LogP contribution is 1.95. The molecule has 6 heteroatoms. The van der Waals surface area contributed by atoms with Crippen molar-refractivity contribution in [1.82, 2.24) is 10.4 Å². The summed E-state index contributed by atoms with van der Waals surface area (Å²) in [5.74, 6) is 5.05. The van der Waals surface area contributed by atoms with Crippen LogP contribution in [0.3, 0.4) is 0 Å². The Labute approximate surface area is 45.4 Å². The third-order valence-corrected chi connectivity index (χ3v) is 0.624. The zero-order chi connectivity index (χ0) is 5.98. The van der Waals surface area contributed by atoms with Crippen molar-refractivity contribution in [2.75, 3.05) is 0 Å². The van der Waals surface area contributed by atoms with Crippen LogP contribution in [-0.4, -0.2) is 15.6 Å². The van der Waals surface area contributed by atoms with Crippen LogP contribution in [0.15, 0.2) is 22.7 Å². The Morgan fingerprint density at radius 2 is 2.38 bits per heavy atom. The van der Waals surface area contributed by atoms with Gasteiger partial charge in [-0.15, -0.1) is 5.11 Å². The maximum absolute atomic E-state index is 8.50. The fraction of sp³-hybridized carbons (Fsp3) is 0. The van der Waals surface area contributed by atoms with E-state index >= 15 is 0 Å². The van der Waals surface area contributed by atoms with Gasteiger partial charge in [-0.05, 0) is 10.5 Å². The second kappa shape index (κ2) is 1.76. The summed E-state index contributed by atoms with van der Waals surface area (Å²) >= 11 is 0. The van der Waals surface area contributed by atoms with Gasteiger partial charge in [0.05, 0.1) is 12.4 Å². The maximum atomic E-state index is 8.50. The molecular formula is C2H5N5O. The molecule has 0 bridgehead atoms. The molecule has 0 aromatic rings. The monoisotopic (exact) mass is 115 g/mol. The summed E-state index contributed by atoms with van der Waals surface area (Å²) in [5, 5.41) is 16.2. The van der Waals surface area contributed by atoms with Gasteiger partial charge in [0, 0.05) is 0 Å². The molecule has 0 amide bonds. The molecule has 0 aromatic heterocycles. The first kappa shape index (κ1) is 5.01. The Balaban J connectivity index is 2.59. The van der Waals surface area contributed by atoms with Crippen LogP contribution >= 0.6 is 0 Å². The van der Waals surface area contributed by atoms with E-state index in [0.717, 1.165) is 5.12 Å². The molecule has 0 fully saturated rings. The van der Waals surface area contributed by atoms with Gasteiger partial charge in [-0.25, -0.2) is 5.84 Å². The highest BCUT2D eigenvalue weighted by Gasteiger charge is 2.01. The van der Waals surface area contributed by atoms with Crippen molar-refractivity contribution in [3.05, 3.63) is 12.4 Å². The van der Waals surface area contributed by atoms with Gasteiger partial charge < -0.3 is 0 Å². The Hall–Kier alpha value is -1.14. The first-order valence-corrected chi connectivity index (χ1v) is 1.91. The van der Waals surface area contributed by atoms with E-state index in [-0.39, 0.29) is 0 Å². The Morgan fingerprint density at radius 1 is 1.62 bits per heavy atom. The molecule has 0 spiro atoms. The minimum Gasteiger partial charge on any atom is -0.250 e. The largest absolute Gasteiger partial charge is 0.250 e. The molecule has 1 rings (SSSR count). The molecule has 6 nitrogen and oxygen atoms in total. The summed E-state index contributed by atoms with van der Waals surface area (Å²) in [6, 6.07) is 0. The average Bonchev–Trinajstić information content (AvgIpc) is 1.77. The van der Waals surface area contributed by atoms with Crippen LogP contribution in [0.4, 0.5) is 0 Å². The van der Waals surface area contributed by atoms with Crippen molar-refractivity contribution < 1.29 is 5.21 Å². The van der Waals surface area contributed by atoms with Crippen LogP contribution in [-0.2, 0) is 0 Å². The van der Waals surface area contributed by atoms with Crippen molar-refractivity contribution in [2.24, 2.45) is 16.2 Å². The van der Waals surface area contributed by atoms with Crippen LogP contribution in [0.2, 0.25) is 0 Å². The quantitative estimate of drug-likeness (QED) is 0.422. The number of hydrazine groups is 2. The lowest BCUT2D eigenvalue weighted by atomic mass is 10.9. The maximum Gasteiger partial charge on any atom is 0.0711 e. The van der Waals surface area contributed by atoms with Crippen LogP contribution in [0.25, 0.3) is 0 Å². The van der Waals surface area contributed by atoms with Crippen molar-refractivity contribution in [3.63, 3.8) is 0 Å². The van der Waals surface area contributed by atoms with Gasteiger partial charge in [0.2, 0.25) is 0 Å². The molecule has 1 aliphatic heterocycles. The van der Waals surface area contributed by atoms with Crippen LogP contribution in [0.5, 0.6) is 0 Å². The van der Waals surface area contributed by atoms with Crippen molar-refractivity contribution in [2.45, 2.75) is 0 Å². The third-order valence-electron chi connectivity index (χ3n) is 0.624. The molecule has 0 aliphatic carbocycles. The predicted molar refractivity (Wildman–Crippen MR) is 23.6 cm³/mol. The van der Waals surface area contributed by atoms with E-state index in [1.165, 1.54) is 12.4 Å². The Morgan fingerprint density at radius 3 is 2.75 bits per heavy atom. The number of hydrogen-bond donors (Lipinski definition) is 2. The van der Waals surface area contributed by atoms with Gasteiger partial charge in [-0.1, -0.05) is 0 Å². The average molecular weight is 115 g/mol. The Kier molecular flexibility index (Phi) is 1.10. The lowest BCUT2D eigenvalue weighted by Crippen LogP contribution is -2.38. The fourth-order valence-corrected chi connectivity index (χ4v) is 0.280. The minimum atomic E-state index is 0.417. The summed E-state index contributed by atoms with van der Waals surface area (Å²) < 4.78 is 0. The van der Waals surface area contributed by atoms with Gasteiger partial charge >= 0.3 is 0 Å². The molecule has 8 heavy (non-hydrogen) atoms. The summed E-state index contributed by atoms with van der Waals surface area (Å²) in [6.45, 7) is 0. The number of hydrogen-bond acceptors (Lipinski definition) is 6. The summed E-state index contributed by atoms with van der Waals surface area (Å²) in [5.41, 5.74) is 0. The molecule has 1 aliphatic rings. The van der Waals surface area contributed by atoms with Crippen LogP contribution < -0.4 is 5.84 Å².